The maximum Gasteiger partial charge on any atom is 0.312 e. The van der Waals surface area contributed by atoms with Gasteiger partial charge in [0.25, 0.3) is 5.56 Å². The Balaban J connectivity index is 0.000000148. The van der Waals surface area contributed by atoms with Gasteiger partial charge in [0.2, 0.25) is 17.7 Å². The van der Waals surface area contributed by atoms with Gasteiger partial charge in [0, 0.05) is 134 Å². The summed E-state index contributed by atoms with van der Waals surface area (Å²) >= 11 is 0. The number of hydrogen-bond donors (Lipinski definition) is 3. The summed E-state index contributed by atoms with van der Waals surface area (Å²) in [5.74, 6) is 1.03. The van der Waals surface area contributed by atoms with Crippen LogP contribution in [0, 0.1) is 6.92 Å². The molecule has 6 saturated heterocycles. The molecular weight excluding hydrogens is 1460 g/mol. The van der Waals surface area contributed by atoms with E-state index in [0.717, 1.165) is 193 Å². The van der Waals surface area contributed by atoms with E-state index in [2.05, 4.69) is 222 Å². The summed E-state index contributed by atoms with van der Waals surface area (Å²) in [6, 6.07) is 29.3. The molecule has 0 bridgehead atoms. The van der Waals surface area contributed by atoms with Crippen LogP contribution >= 0.6 is 0 Å². The number of para-hydroxylation sites is 1. The number of H-pyrrole nitrogens is 1. The number of benzene rings is 2. The molecule has 3 N–H and O–H groups in total. The maximum absolute atomic E-state index is 12.7. The summed E-state index contributed by atoms with van der Waals surface area (Å²) in [7, 11) is 0. The largest absolute Gasteiger partial charge is 0.454 e. The number of carbonyl (C=O) groups is 6. The Morgan fingerprint density at radius 2 is 0.949 bits per heavy atom. The highest BCUT2D eigenvalue weighted by molar-refractivity contribution is 6.10. The zero-order valence-electron chi connectivity index (χ0n) is 72.7. The van der Waals surface area contributed by atoms with Gasteiger partial charge >= 0.3 is 5.97 Å². The van der Waals surface area contributed by atoms with Gasteiger partial charge < -0.3 is 25.3 Å². The molecule has 6 aromatic rings. The number of likely N-dealkylation sites (tertiary alicyclic amines) is 5. The van der Waals surface area contributed by atoms with Gasteiger partial charge in [-0.2, -0.15) is 0 Å². The van der Waals surface area contributed by atoms with Crippen molar-refractivity contribution >= 4 is 46.6 Å². The first-order valence-electron chi connectivity index (χ1n) is 42.6. The number of amides is 3. The van der Waals surface area contributed by atoms with Crippen LogP contribution in [0.25, 0.3) is 0 Å². The second-order valence-corrected chi connectivity index (χ2v) is 40.4. The standard InChI is InChI=1S/C20H21NO.C16H23N3O.C16H22N2O2.C16H22N2O.C15H24N2O.C12H20N2O2.2CH4/c1-19(2,3)15-9-8-13-11-20(12-14(13)10-15)16-6-4-5-7-17(16)21-18(20)22;1-16(2,3)18-9-6-12(7-10-18)19-14-5-4-8-17-13(14)11-15(19)20;1-15(2,3)18-9-6-16(7-10-18)12-5-4-8-17-13(12)11-14(19)20-16;1-15(2,3)18-9-6-16(7-10-18)12-5-4-8-17-13(12)11-14(16)19;1-11-9-13(14(18)16-10-11)12-5-7-17(8-6-12)15(2,3)4;1-11(2,3)14-6-4-12(5-7-14)9(15)8-10(16)13-12;;/h4-10H,11-12H2,1-3H3,(H,21,22);4-5,8,12H,6-7,9-11H2,1-3H3;4-5,8H,6-7,9-11H2,1-3H3;4-5,8H,6-7,9-11H2,1-3H3;9-10,12H,5-8H2,1-4H3,(H,16,18);4-8H2,1-3H3,(H,13,16);2*1H4. The number of rotatable bonds is 2. The molecule has 117 heavy (non-hydrogen) atoms. The Morgan fingerprint density at radius 3 is 1.50 bits per heavy atom. The molecule has 13 heterocycles. The van der Waals surface area contributed by atoms with E-state index in [1.807, 2.05) is 54.3 Å². The van der Waals surface area contributed by atoms with Crippen LogP contribution in [0.15, 0.2) is 115 Å². The number of esters is 1. The fourth-order valence-corrected chi connectivity index (χ4v) is 19.6. The van der Waals surface area contributed by atoms with Gasteiger partial charge in [0.15, 0.2) is 5.78 Å². The molecule has 9 aliphatic heterocycles. The summed E-state index contributed by atoms with van der Waals surface area (Å²) in [5, 5.41) is 5.95. The Hall–Kier alpha value is -8.14. The van der Waals surface area contributed by atoms with Gasteiger partial charge in [-0.1, -0.05) is 84.2 Å². The SMILES string of the molecule is C.C.CC(C)(C)N1CCC(N2C(=O)Cc3ncccc32)CC1.CC(C)(C)N1CCC2(CC1)C(=O)Cc1ncccc12.CC(C)(C)N1CCC2(CC1)NC(=O)CC2=O.CC(C)(C)N1CCC2(CC1)OC(=O)Cc1ncccc12.CC(C)(C)c1ccc2c(c1)CC1(C2)C(=O)Nc2ccccc21.Cc1c[nH]c(=O)c(C2CCN(C(C)(C)C)CC2)c1. The molecule has 20 nitrogen and oxygen atoms in total. The van der Waals surface area contributed by atoms with Gasteiger partial charge in [-0.15, -0.1) is 0 Å². The quantitative estimate of drug-likeness (QED) is 0.108. The zero-order chi connectivity index (χ0) is 83.2. The Labute approximate surface area is 699 Å². The van der Waals surface area contributed by atoms with Crippen LogP contribution in [0.4, 0.5) is 11.4 Å². The van der Waals surface area contributed by atoms with Gasteiger partial charge in [-0.3, -0.25) is 73.0 Å². The van der Waals surface area contributed by atoms with Gasteiger partial charge in [-0.25, -0.2) is 0 Å². The summed E-state index contributed by atoms with van der Waals surface area (Å²) in [6.07, 6.45) is 19.5. The number of fused-ring (bicyclic) bond motifs is 8. The van der Waals surface area contributed by atoms with Crippen molar-refractivity contribution in [3.8, 4) is 0 Å². The van der Waals surface area contributed by atoms with Gasteiger partial charge in [0.1, 0.15) is 16.9 Å². The third-order valence-corrected chi connectivity index (χ3v) is 26.8. The van der Waals surface area contributed by atoms with Crippen molar-refractivity contribution in [3.05, 3.63) is 182 Å². The van der Waals surface area contributed by atoms with E-state index in [0.29, 0.717) is 37.0 Å². The maximum atomic E-state index is 12.7. The number of carbonyl (C=O) groups excluding carboxylic acids is 6. The lowest BCUT2D eigenvalue weighted by Gasteiger charge is -2.47. The third kappa shape index (κ3) is 20.0. The average Bonchev–Trinajstić information content (AvgIpc) is 1.42. The minimum atomic E-state index is -0.529. The minimum Gasteiger partial charge on any atom is -0.454 e. The monoisotopic (exact) mass is 1600 g/mol. The highest BCUT2D eigenvalue weighted by atomic mass is 16.6. The highest BCUT2D eigenvalue weighted by Crippen LogP contribution is 2.49. The molecule has 17 rings (SSSR count). The number of ketones is 2. The molecule has 20 heteroatoms. The topological polar surface area (TPSA) is 227 Å². The van der Waals surface area contributed by atoms with Crippen molar-refractivity contribution in [1.82, 2.24) is 49.8 Å². The molecule has 636 valence electrons. The molecule has 4 aromatic heterocycles. The number of piperidine rings is 5. The number of pyridine rings is 4. The van der Waals surface area contributed by atoms with E-state index in [1.54, 1.807) is 24.8 Å². The molecule has 1 unspecified atom stereocenters. The van der Waals surface area contributed by atoms with E-state index >= 15 is 0 Å². The molecule has 6 fully saturated rings. The second-order valence-electron chi connectivity index (χ2n) is 40.4. The van der Waals surface area contributed by atoms with Crippen LogP contribution in [-0.4, -0.2) is 184 Å². The number of nitrogens with one attached hydrogen (secondary N) is 3. The Kier molecular flexibility index (Phi) is 27.5. The fourth-order valence-electron chi connectivity index (χ4n) is 19.6. The third-order valence-electron chi connectivity index (χ3n) is 26.8. The molecule has 2 aromatic carbocycles. The molecule has 4 spiro atoms. The first-order chi connectivity index (χ1) is 53.9. The number of hydrogen-bond acceptors (Lipinski definition) is 16. The number of Topliss-reactive ketones (excluding diaryl/α,β-unsaturated/α-hetero) is 2. The highest BCUT2D eigenvalue weighted by Gasteiger charge is 2.53. The van der Waals surface area contributed by atoms with Crippen molar-refractivity contribution < 1.29 is 33.5 Å². The Morgan fingerprint density at radius 1 is 0.462 bits per heavy atom. The molecule has 0 radical (unpaired) electrons. The normalized spacial score (nSPS) is 22.0. The van der Waals surface area contributed by atoms with Crippen LogP contribution in [-0.2, 0) is 87.5 Å². The second kappa shape index (κ2) is 35.3. The van der Waals surface area contributed by atoms with Gasteiger partial charge in [-0.05, 0) is 282 Å². The summed E-state index contributed by atoms with van der Waals surface area (Å²) in [4.78, 5) is 115. The van der Waals surface area contributed by atoms with Crippen molar-refractivity contribution in [3.63, 3.8) is 0 Å². The molecule has 0 saturated carbocycles. The summed E-state index contributed by atoms with van der Waals surface area (Å²) < 4.78 is 5.80. The number of aromatic nitrogens is 4. The first kappa shape index (κ1) is 91.2. The average molecular weight is 1600 g/mol. The van der Waals surface area contributed by atoms with E-state index in [4.69, 9.17) is 4.74 Å². The van der Waals surface area contributed by atoms with Crippen LogP contribution in [0.2, 0.25) is 0 Å². The van der Waals surface area contributed by atoms with Crippen LogP contribution in [0.3, 0.4) is 0 Å². The van der Waals surface area contributed by atoms with Crippen LogP contribution in [0.5, 0.6) is 0 Å². The molecule has 2 aliphatic carbocycles. The summed E-state index contributed by atoms with van der Waals surface area (Å²) in [6.45, 7) is 52.2. The lowest BCUT2D eigenvalue weighted by Crippen LogP contribution is -2.57. The fraction of sp³-hybridized carbons (Fsp3) is 0.608. The number of aromatic amines is 1. The lowest BCUT2D eigenvalue weighted by atomic mass is 9.72. The lowest BCUT2D eigenvalue weighted by molar-refractivity contribution is -0.171. The predicted octanol–water partition coefficient (Wildman–Crippen LogP) is 15.5. The van der Waals surface area contributed by atoms with Crippen molar-refractivity contribution in [2.45, 2.75) is 316 Å². The molecule has 11 aliphatic rings. The molecule has 3 amide bonds. The van der Waals surface area contributed by atoms with Crippen LogP contribution < -0.4 is 21.1 Å². The molecule has 1 atom stereocenters. The van der Waals surface area contributed by atoms with E-state index in [9.17, 15) is 33.6 Å². The minimum absolute atomic E-state index is 0. The first-order valence-corrected chi connectivity index (χ1v) is 42.6. The number of anilines is 2. The van der Waals surface area contributed by atoms with Crippen molar-refractivity contribution in [2.24, 2.45) is 0 Å². The van der Waals surface area contributed by atoms with Crippen LogP contribution in [0.1, 0.15) is 278 Å². The Bertz CT molecular complexity index is 4600. The van der Waals surface area contributed by atoms with Gasteiger partial charge in [0.05, 0.1) is 52.9 Å². The number of nitrogens with zero attached hydrogens (tertiary/aromatic N) is 9. The predicted molar refractivity (Wildman–Crippen MR) is 470 cm³/mol. The molecular formula is C97H140N12O8. The number of ether oxygens (including phenoxy) is 1. The van der Waals surface area contributed by atoms with Crippen molar-refractivity contribution in [1.29, 1.82) is 0 Å². The summed E-state index contributed by atoms with van der Waals surface area (Å²) in [5.41, 5.74) is 14.1. The van der Waals surface area contributed by atoms with E-state index in [1.165, 1.54) is 22.3 Å². The zero-order valence-corrected chi connectivity index (χ0v) is 72.7. The smallest absolute Gasteiger partial charge is 0.312 e. The number of aryl methyl sites for hydroxylation is 1. The van der Waals surface area contributed by atoms with E-state index in [-0.39, 0.29) is 94.8 Å². The van der Waals surface area contributed by atoms with Crippen molar-refractivity contribution in [2.75, 3.05) is 75.7 Å². The van der Waals surface area contributed by atoms with E-state index < -0.39 is 16.6 Å².